The largest absolute Gasteiger partial charge is 0.441 e. The molecule has 2 saturated heterocycles. The highest BCUT2D eigenvalue weighted by Gasteiger charge is 2.47. The molecule has 1 amide bonds. The summed E-state index contributed by atoms with van der Waals surface area (Å²) in [5.74, 6) is 0. The van der Waals surface area contributed by atoms with Crippen LogP contribution in [0.1, 0.15) is 45.1 Å². The Kier molecular flexibility index (Phi) is 5.47. The smallest absolute Gasteiger partial charge is 0.410 e. The van der Waals surface area contributed by atoms with Crippen LogP contribution < -0.4 is 0 Å². The van der Waals surface area contributed by atoms with E-state index in [0.717, 1.165) is 58.4 Å². The molecule has 6 nitrogen and oxygen atoms in total. The average molecular weight is 346 g/mol. The average Bonchev–Trinajstić information content (AvgIpc) is 3.15. The number of piperidine rings is 1. The van der Waals surface area contributed by atoms with Crippen LogP contribution >= 0.6 is 0 Å². The van der Waals surface area contributed by atoms with Crippen LogP contribution in [0.25, 0.3) is 0 Å². The first-order valence-electron chi connectivity index (χ1n) is 9.39. The molecule has 2 fully saturated rings. The third-order valence-corrected chi connectivity index (χ3v) is 5.41. The van der Waals surface area contributed by atoms with Gasteiger partial charge in [0, 0.05) is 50.3 Å². The summed E-state index contributed by atoms with van der Waals surface area (Å²) in [6.07, 6.45) is 9.68. The van der Waals surface area contributed by atoms with Crippen LogP contribution in [-0.4, -0.2) is 57.0 Å². The maximum Gasteiger partial charge on any atom is 0.410 e. The number of likely N-dealkylation sites (tertiary alicyclic amines) is 1. The highest BCUT2D eigenvalue weighted by molar-refractivity contribution is 5.71. The Labute approximate surface area is 150 Å². The lowest BCUT2D eigenvalue weighted by atomic mass is 9.91. The standard InChI is InChI=1S/C19H30N4O2/c1-4-6-16(3)23-15-19(25-18(23)24)7-10-21(11-8-19)13-17-12-20-22(14-17)9-5-2/h5,12,14,16H,2,4,6-11,13,15H2,1,3H3. The maximum atomic E-state index is 12.3. The van der Waals surface area contributed by atoms with Crippen molar-refractivity contribution < 1.29 is 9.53 Å². The molecule has 6 heteroatoms. The van der Waals surface area contributed by atoms with Crippen LogP contribution in [0, 0.1) is 0 Å². The van der Waals surface area contributed by atoms with Gasteiger partial charge in [-0.25, -0.2) is 4.79 Å². The Morgan fingerprint density at radius 1 is 1.44 bits per heavy atom. The minimum atomic E-state index is -0.275. The van der Waals surface area contributed by atoms with Gasteiger partial charge >= 0.3 is 6.09 Å². The van der Waals surface area contributed by atoms with E-state index in [4.69, 9.17) is 4.74 Å². The number of rotatable bonds is 7. The fourth-order valence-electron chi connectivity index (χ4n) is 3.92. The van der Waals surface area contributed by atoms with Gasteiger partial charge in [0.15, 0.2) is 0 Å². The summed E-state index contributed by atoms with van der Waals surface area (Å²) >= 11 is 0. The third-order valence-electron chi connectivity index (χ3n) is 5.41. The highest BCUT2D eigenvalue weighted by atomic mass is 16.6. The molecule has 1 aromatic heterocycles. The van der Waals surface area contributed by atoms with Crippen LogP contribution in [0.2, 0.25) is 0 Å². The highest BCUT2D eigenvalue weighted by Crippen LogP contribution is 2.35. The summed E-state index contributed by atoms with van der Waals surface area (Å²) in [4.78, 5) is 16.6. The van der Waals surface area contributed by atoms with Crippen LogP contribution in [0.3, 0.4) is 0 Å². The zero-order valence-electron chi connectivity index (χ0n) is 15.5. The van der Waals surface area contributed by atoms with E-state index < -0.39 is 0 Å². The van der Waals surface area contributed by atoms with Gasteiger partial charge in [-0.1, -0.05) is 19.4 Å². The van der Waals surface area contributed by atoms with Gasteiger partial charge in [-0.3, -0.25) is 9.58 Å². The molecule has 1 aromatic rings. The monoisotopic (exact) mass is 346 g/mol. The number of nitrogens with zero attached hydrogens (tertiary/aromatic N) is 4. The Morgan fingerprint density at radius 2 is 2.20 bits per heavy atom. The predicted molar refractivity (Wildman–Crippen MR) is 97.2 cm³/mol. The zero-order chi connectivity index (χ0) is 17.9. The normalized spacial score (nSPS) is 21.5. The molecule has 1 unspecified atom stereocenters. The van der Waals surface area contributed by atoms with Crippen molar-refractivity contribution >= 4 is 6.09 Å². The molecule has 0 aliphatic carbocycles. The second-order valence-electron chi connectivity index (χ2n) is 7.45. The zero-order valence-corrected chi connectivity index (χ0v) is 15.5. The van der Waals surface area contributed by atoms with E-state index in [0.29, 0.717) is 0 Å². The fraction of sp³-hybridized carbons (Fsp3) is 0.684. The van der Waals surface area contributed by atoms with Gasteiger partial charge in [0.05, 0.1) is 19.3 Å². The lowest BCUT2D eigenvalue weighted by molar-refractivity contribution is -0.00132. The molecule has 2 aliphatic rings. The number of amides is 1. The summed E-state index contributed by atoms with van der Waals surface area (Å²) in [5, 5.41) is 4.34. The first kappa shape index (κ1) is 18.0. The third kappa shape index (κ3) is 4.06. The van der Waals surface area contributed by atoms with Crippen molar-refractivity contribution in [1.29, 1.82) is 0 Å². The first-order valence-corrected chi connectivity index (χ1v) is 9.39. The summed E-state index contributed by atoms with van der Waals surface area (Å²) < 4.78 is 7.74. The number of carbonyl (C=O) groups is 1. The minimum Gasteiger partial charge on any atom is -0.441 e. The van der Waals surface area contributed by atoms with Crippen molar-refractivity contribution in [2.45, 2.75) is 64.3 Å². The Morgan fingerprint density at radius 3 is 2.88 bits per heavy atom. The molecule has 0 radical (unpaired) electrons. The number of hydrogen-bond acceptors (Lipinski definition) is 4. The van der Waals surface area contributed by atoms with Gasteiger partial charge in [0.25, 0.3) is 0 Å². The second-order valence-corrected chi connectivity index (χ2v) is 7.45. The topological polar surface area (TPSA) is 50.6 Å². The van der Waals surface area contributed by atoms with E-state index >= 15 is 0 Å². The summed E-state index contributed by atoms with van der Waals surface area (Å²) in [5.41, 5.74) is 0.946. The Bertz CT molecular complexity index is 604. The van der Waals surface area contributed by atoms with E-state index in [2.05, 4.69) is 36.6 Å². The minimum absolute atomic E-state index is 0.125. The predicted octanol–water partition coefficient (Wildman–Crippen LogP) is 3.04. The van der Waals surface area contributed by atoms with Crippen LogP contribution in [-0.2, 0) is 17.8 Å². The van der Waals surface area contributed by atoms with Crippen LogP contribution in [0.15, 0.2) is 25.0 Å². The van der Waals surface area contributed by atoms with Gasteiger partial charge < -0.3 is 9.64 Å². The molecular weight excluding hydrogens is 316 g/mol. The van der Waals surface area contributed by atoms with E-state index in [1.807, 2.05) is 21.9 Å². The van der Waals surface area contributed by atoms with Crippen molar-refractivity contribution in [1.82, 2.24) is 19.6 Å². The van der Waals surface area contributed by atoms with E-state index in [1.165, 1.54) is 5.56 Å². The Balaban J connectivity index is 1.53. The van der Waals surface area contributed by atoms with Gasteiger partial charge in [0.2, 0.25) is 0 Å². The molecule has 2 aliphatic heterocycles. The lowest BCUT2D eigenvalue weighted by Crippen LogP contribution is -2.47. The van der Waals surface area contributed by atoms with Gasteiger partial charge in [0.1, 0.15) is 5.60 Å². The molecule has 1 spiro atoms. The number of carbonyl (C=O) groups excluding carboxylic acids is 1. The van der Waals surface area contributed by atoms with E-state index in [9.17, 15) is 4.79 Å². The lowest BCUT2D eigenvalue weighted by Gasteiger charge is -2.37. The van der Waals surface area contributed by atoms with E-state index in [1.54, 1.807) is 0 Å². The summed E-state index contributed by atoms with van der Waals surface area (Å²) in [7, 11) is 0. The molecular formula is C19H30N4O2. The molecule has 1 atom stereocenters. The molecule has 0 N–H and O–H groups in total. The van der Waals surface area contributed by atoms with Gasteiger partial charge in [-0.05, 0) is 13.3 Å². The van der Waals surface area contributed by atoms with Crippen molar-refractivity contribution in [2.24, 2.45) is 0 Å². The number of aromatic nitrogens is 2. The fourth-order valence-corrected chi connectivity index (χ4v) is 3.92. The molecule has 0 saturated carbocycles. The molecule has 0 aromatic carbocycles. The molecule has 3 rings (SSSR count). The summed E-state index contributed by atoms with van der Waals surface area (Å²) in [6, 6.07) is 0.269. The maximum absolute atomic E-state index is 12.3. The van der Waals surface area contributed by atoms with E-state index in [-0.39, 0.29) is 17.7 Å². The summed E-state index contributed by atoms with van der Waals surface area (Å²) in [6.45, 7) is 12.3. The van der Waals surface area contributed by atoms with Crippen LogP contribution in [0.4, 0.5) is 4.79 Å². The number of allylic oxidation sites excluding steroid dienone is 1. The Hall–Kier alpha value is -1.82. The number of ether oxygens (including phenoxy) is 1. The van der Waals surface area contributed by atoms with Gasteiger partial charge in [-0.15, -0.1) is 6.58 Å². The quantitative estimate of drug-likeness (QED) is 0.712. The molecule has 138 valence electrons. The molecule has 0 bridgehead atoms. The van der Waals surface area contributed by atoms with Crippen molar-refractivity contribution in [3.63, 3.8) is 0 Å². The van der Waals surface area contributed by atoms with Crippen molar-refractivity contribution in [3.8, 4) is 0 Å². The van der Waals surface area contributed by atoms with Crippen molar-refractivity contribution in [2.75, 3.05) is 19.6 Å². The van der Waals surface area contributed by atoms with Gasteiger partial charge in [-0.2, -0.15) is 5.10 Å². The molecule has 3 heterocycles. The second kappa shape index (κ2) is 7.60. The molecule has 25 heavy (non-hydrogen) atoms. The SMILES string of the molecule is C=CCn1cc(CN2CCC3(CC2)CN(C(C)CCC)C(=O)O3)cn1. The first-order chi connectivity index (χ1) is 12.0. The number of hydrogen-bond donors (Lipinski definition) is 0. The van der Waals surface area contributed by atoms with Crippen LogP contribution in [0.5, 0.6) is 0 Å². The van der Waals surface area contributed by atoms with Crippen molar-refractivity contribution in [3.05, 3.63) is 30.6 Å².